The highest BCUT2D eigenvalue weighted by atomic mass is 15.1. The van der Waals surface area contributed by atoms with Crippen molar-refractivity contribution in [2.45, 2.75) is 6.92 Å². The first-order valence-electron chi connectivity index (χ1n) is 6.07. The summed E-state index contributed by atoms with van der Waals surface area (Å²) in [6.07, 6.45) is 1.71. The van der Waals surface area contributed by atoms with Gasteiger partial charge in [-0.3, -0.25) is 0 Å². The molecule has 0 atom stereocenters. The summed E-state index contributed by atoms with van der Waals surface area (Å²) < 4.78 is 0. The van der Waals surface area contributed by atoms with Crippen LogP contribution >= 0.6 is 0 Å². The van der Waals surface area contributed by atoms with E-state index in [0.29, 0.717) is 0 Å². The number of nitrogens with two attached hydrogens (primary N) is 1. The van der Waals surface area contributed by atoms with E-state index in [1.807, 2.05) is 25.1 Å². The fourth-order valence-corrected chi connectivity index (χ4v) is 1.99. The van der Waals surface area contributed by atoms with Crippen molar-refractivity contribution in [1.82, 2.24) is 9.97 Å². The van der Waals surface area contributed by atoms with Crippen molar-refractivity contribution in [3.8, 4) is 0 Å². The van der Waals surface area contributed by atoms with Gasteiger partial charge in [-0.05, 0) is 29.8 Å². The van der Waals surface area contributed by atoms with Gasteiger partial charge in [0.15, 0.2) is 0 Å². The average molecular weight is 250 g/mol. The van der Waals surface area contributed by atoms with Crippen LogP contribution in [0.25, 0.3) is 10.8 Å². The first-order valence-corrected chi connectivity index (χ1v) is 6.07. The van der Waals surface area contributed by atoms with E-state index in [-0.39, 0.29) is 5.95 Å². The molecule has 4 nitrogen and oxygen atoms in total. The van der Waals surface area contributed by atoms with Crippen LogP contribution in [-0.4, -0.2) is 9.97 Å². The van der Waals surface area contributed by atoms with Crippen molar-refractivity contribution in [1.29, 1.82) is 0 Å². The third kappa shape index (κ3) is 2.33. The molecule has 1 aromatic heterocycles. The van der Waals surface area contributed by atoms with Gasteiger partial charge in [-0.2, -0.15) is 4.98 Å². The van der Waals surface area contributed by atoms with Crippen molar-refractivity contribution < 1.29 is 0 Å². The molecule has 0 unspecified atom stereocenters. The molecule has 0 radical (unpaired) electrons. The first kappa shape index (κ1) is 11.5. The molecule has 3 aromatic rings. The van der Waals surface area contributed by atoms with Crippen molar-refractivity contribution in [2.24, 2.45) is 0 Å². The van der Waals surface area contributed by atoms with Crippen LogP contribution in [-0.2, 0) is 0 Å². The summed E-state index contributed by atoms with van der Waals surface area (Å²) in [6, 6.07) is 14.4. The van der Waals surface area contributed by atoms with Crippen molar-refractivity contribution in [3.05, 3.63) is 54.2 Å². The molecule has 2 aromatic carbocycles. The second-order valence-electron chi connectivity index (χ2n) is 4.45. The van der Waals surface area contributed by atoms with E-state index in [9.17, 15) is 0 Å². The Morgan fingerprint density at radius 1 is 1.05 bits per heavy atom. The molecule has 0 aliphatic heterocycles. The standard InChI is InChI=1S/C15H14N4/c1-10-9-17-15(16)19-14(10)18-13-7-6-11-4-2-3-5-12(11)8-13/h2-9H,1H3,(H3,16,17,18,19). The summed E-state index contributed by atoms with van der Waals surface area (Å²) >= 11 is 0. The Bertz CT molecular complexity index is 737. The molecule has 3 rings (SSSR count). The fourth-order valence-electron chi connectivity index (χ4n) is 1.99. The first-order chi connectivity index (χ1) is 9.22. The number of hydrogen-bond donors (Lipinski definition) is 2. The van der Waals surface area contributed by atoms with Crippen LogP contribution in [0.3, 0.4) is 0 Å². The monoisotopic (exact) mass is 250 g/mol. The summed E-state index contributed by atoms with van der Waals surface area (Å²) in [6.45, 7) is 1.95. The highest BCUT2D eigenvalue weighted by molar-refractivity contribution is 5.86. The Morgan fingerprint density at radius 3 is 2.68 bits per heavy atom. The summed E-state index contributed by atoms with van der Waals surface area (Å²) in [5.41, 5.74) is 7.56. The van der Waals surface area contributed by atoms with E-state index < -0.39 is 0 Å². The minimum atomic E-state index is 0.272. The lowest BCUT2D eigenvalue weighted by atomic mass is 10.1. The molecular formula is C15H14N4. The van der Waals surface area contributed by atoms with Crippen LogP contribution in [0, 0.1) is 6.92 Å². The van der Waals surface area contributed by atoms with Crippen LogP contribution in [0.15, 0.2) is 48.7 Å². The van der Waals surface area contributed by atoms with Crippen molar-refractivity contribution >= 4 is 28.2 Å². The van der Waals surface area contributed by atoms with Crippen LogP contribution < -0.4 is 11.1 Å². The van der Waals surface area contributed by atoms with Gasteiger partial charge in [0.2, 0.25) is 5.95 Å². The van der Waals surface area contributed by atoms with Gasteiger partial charge in [-0.25, -0.2) is 4.98 Å². The number of rotatable bonds is 2. The third-order valence-electron chi connectivity index (χ3n) is 3.00. The van der Waals surface area contributed by atoms with E-state index in [4.69, 9.17) is 5.73 Å². The molecule has 0 bridgehead atoms. The van der Waals surface area contributed by atoms with Crippen LogP contribution in [0.1, 0.15) is 5.56 Å². The normalized spacial score (nSPS) is 10.6. The summed E-state index contributed by atoms with van der Waals surface area (Å²) in [5.74, 6) is 1.01. The maximum Gasteiger partial charge on any atom is 0.221 e. The largest absolute Gasteiger partial charge is 0.368 e. The molecule has 19 heavy (non-hydrogen) atoms. The third-order valence-corrected chi connectivity index (χ3v) is 3.00. The molecule has 4 heteroatoms. The van der Waals surface area contributed by atoms with Gasteiger partial charge in [0.05, 0.1) is 0 Å². The Morgan fingerprint density at radius 2 is 1.84 bits per heavy atom. The van der Waals surface area contributed by atoms with Crippen molar-refractivity contribution in [2.75, 3.05) is 11.1 Å². The second kappa shape index (κ2) is 4.57. The topological polar surface area (TPSA) is 63.8 Å². The molecule has 0 amide bonds. The number of nitrogen functional groups attached to an aromatic ring is 1. The zero-order chi connectivity index (χ0) is 13.2. The number of aromatic nitrogens is 2. The van der Waals surface area contributed by atoms with Gasteiger partial charge in [0.1, 0.15) is 5.82 Å². The van der Waals surface area contributed by atoms with Gasteiger partial charge in [0.25, 0.3) is 0 Å². The van der Waals surface area contributed by atoms with Crippen LogP contribution in [0.5, 0.6) is 0 Å². The predicted octanol–water partition coefficient (Wildman–Crippen LogP) is 3.26. The maximum atomic E-state index is 5.61. The highest BCUT2D eigenvalue weighted by Crippen LogP contribution is 2.23. The van der Waals surface area contributed by atoms with Crippen LogP contribution in [0.4, 0.5) is 17.5 Å². The average Bonchev–Trinajstić information content (AvgIpc) is 2.43. The number of nitrogens with one attached hydrogen (secondary N) is 1. The van der Waals surface area contributed by atoms with Gasteiger partial charge >= 0.3 is 0 Å². The van der Waals surface area contributed by atoms with E-state index in [0.717, 1.165) is 17.1 Å². The number of nitrogens with zero attached hydrogens (tertiary/aromatic N) is 2. The smallest absolute Gasteiger partial charge is 0.221 e. The lowest BCUT2D eigenvalue weighted by Crippen LogP contribution is -2.01. The molecule has 0 fully saturated rings. The predicted molar refractivity (Wildman–Crippen MR) is 78.4 cm³/mol. The molecular weight excluding hydrogens is 236 g/mol. The van der Waals surface area contributed by atoms with Gasteiger partial charge in [-0.15, -0.1) is 0 Å². The van der Waals surface area contributed by atoms with E-state index in [1.165, 1.54) is 10.8 Å². The van der Waals surface area contributed by atoms with E-state index >= 15 is 0 Å². The molecule has 3 N–H and O–H groups in total. The molecule has 1 heterocycles. The second-order valence-corrected chi connectivity index (χ2v) is 4.45. The zero-order valence-corrected chi connectivity index (χ0v) is 10.6. The summed E-state index contributed by atoms with van der Waals surface area (Å²) in [7, 11) is 0. The Balaban J connectivity index is 1.98. The zero-order valence-electron chi connectivity index (χ0n) is 10.6. The molecule has 0 saturated carbocycles. The number of fused-ring (bicyclic) bond motifs is 1. The van der Waals surface area contributed by atoms with E-state index in [2.05, 4.69) is 39.6 Å². The van der Waals surface area contributed by atoms with Crippen molar-refractivity contribution in [3.63, 3.8) is 0 Å². The minimum Gasteiger partial charge on any atom is -0.368 e. The molecule has 94 valence electrons. The Labute approximate surface area is 111 Å². The molecule has 0 spiro atoms. The van der Waals surface area contributed by atoms with Crippen LogP contribution in [0.2, 0.25) is 0 Å². The lowest BCUT2D eigenvalue weighted by Gasteiger charge is -2.09. The van der Waals surface area contributed by atoms with E-state index in [1.54, 1.807) is 6.20 Å². The van der Waals surface area contributed by atoms with Gasteiger partial charge in [0, 0.05) is 17.4 Å². The number of benzene rings is 2. The van der Waals surface area contributed by atoms with Gasteiger partial charge < -0.3 is 11.1 Å². The highest BCUT2D eigenvalue weighted by Gasteiger charge is 2.03. The number of anilines is 3. The Hall–Kier alpha value is -2.62. The maximum absolute atomic E-state index is 5.61. The summed E-state index contributed by atoms with van der Waals surface area (Å²) in [5, 5.41) is 5.68. The SMILES string of the molecule is Cc1cnc(N)nc1Nc1ccc2ccccc2c1. The quantitative estimate of drug-likeness (QED) is 0.732. The summed E-state index contributed by atoms with van der Waals surface area (Å²) in [4.78, 5) is 8.16. The molecule has 0 aliphatic carbocycles. The Kier molecular flexibility index (Phi) is 2.76. The molecule has 0 aliphatic rings. The number of aryl methyl sites for hydroxylation is 1. The molecule has 0 saturated heterocycles. The minimum absolute atomic E-state index is 0.272. The fraction of sp³-hybridized carbons (Fsp3) is 0.0667. The van der Waals surface area contributed by atoms with Gasteiger partial charge in [-0.1, -0.05) is 30.3 Å². The lowest BCUT2D eigenvalue weighted by molar-refractivity contribution is 1.15. The number of hydrogen-bond acceptors (Lipinski definition) is 4.